The zero-order valence-electron chi connectivity index (χ0n) is 8.54. The molecule has 0 atom stereocenters. The molecule has 3 nitrogen and oxygen atoms in total. The molecule has 0 amide bonds. The highest BCUT2D eigenvalue weighted by molar-refractivity contribution is 6.33. The third-order valence-corrected chi connectivity index (χ3v) is 3.33. The summed E-state index contributed by atoms with van der Waals surface area (Å²) in [5, 5.41) is 12.9. The van der Waals surface area contributed by atoms with Gasteiger partial charge >= 0.3 is 0 Å². The van der Waals surface area contributed by atoms with Gasteiger partial charge in [-0.25, -0.2) is 0 Å². The SMILES string of the molecule is OCCC1(CNc2ccncc2Cl)CC1. The molecular formula is C11H15ClN2O. The van der Waals surface area contributed by atoms with Crippen molar-refractivity contribution in [2.24, 2.45) is 5.41 Å². The third-order valence-electron chi connectivity index (χ3n) is 3.03. The molecule has 82 valence electrons. The van der Waals surface area contributed by atoms with Crippen LogP contribution < -0.4 is 5.32 Å². The van der Waals surface area contributed by atoms with E-state index in [1.165, 1.54) is 12.8 Å². The topological polar surface area (TPSA) is 45.1 Å². The fraction of sp³-hybridized carbons (Fsp3) is 0.545. The number of hydrogen-bond acceptors (Lipinski definition) is 3. The average Bonchev–Trinajstić information content (AvgIpc) is 2.98. The molecule has 1 aliphatic carbocycles. The van der Waals surface area contributed by atoms with E-state index in [0.717, 1.165) is 18.7 Å². The second kappa shape index (κ2) is 4.37. The highest BCUT2D eigenvalue weighted by Gasteiger charge is 2.41. The minimum Gasteiger partial charge on any atom is -0.396 e. The number of nitrogens with one attached hydrogen (secondary N) is 1. The normalized spacial score (nSPS) is 17.5. The van der Waals surface area contributed by atoms with E-state index >= 15 is 0 Å². The Bertz CT molecular complexity index is 339. The van der Waals surface area contributed by atoms with Gasteiger partial charge in [-0.1, -0.05) is 11.6 Å². The summed E-state index contributed by atoms with van der Waals surface area (Å²) in [7, 11) is 0. The first-order chi connectivity index (χ1) is 7.26. The van der Waals surface area contributed by atoms with Crippen LogP contribution in [0.1, 0.15) is 19.3 Å². The van der Waals surface area contributed by atoms with Gasteiger partial charge in [-0.05, 0) is 30.7 Å². The number of halogens is 1. The number of rotatable bonds is 5. The van der Waals surface area contributed by atoms with E-state index in [0.29, 0.717) is 10.4 Å². The molecule has 1 fully saturated rings. The smallest absolute Gasteiger partial charge is 0.0820 e. The average molecular weight is 227 g/mol. The molecule has 1 aromatic heterocycles. The van der Waals surface area contributed by atoms with Crippen LogP contribution in [0.25, 0.3) is 0 Å². The van der Waals surface area contributed by atoms with Crippen LogP contribution in [-0.4, -0.2) is 23.2 Å². The molecule has 2 rings (SSSR count). The van der Waals surface area contributed by atoms with Crippen molar-refractivity contribution < 1.29 is 5.11 Å². The van der Waals surface area contributed by atoms with E-state index in [2.05, 4.69) is 10.3 Å². The quantitative estimate of drug-likeness (QED) is 0.810. The molecule has 0 unspecified atom stereocenters. The summed E-state index contributed by atoms with van der Waals surface area (Å²) in [5.41, 5.74) is 1.23. The standard InChI is InChI=1S/C11H15ClN2O/c12-9-7-13-5-1-10(9)14-8-11(2-3-11)4-6-15/h1,5,7,15H,2-4,6,8H2,(H,13,14). The summed E-state index contributed by atoms with van der Waals surface area (Å²) in [6.07, 6.45) is 6.63. The molecule has 1 heterocycles. The number of aromatic nitrogens is 1. The van der Waals surface area contributed by atoms with Gasteiger partial charge in [0.2, 0.25) is 0 Å². The fourth-order valence-corrected chi connectivity index (χ4v) is 1.92. The van der Waals surface area contributed by atoms with Crippen molar-refractivity contribution in [1.82, 2.24) is 4.98 Å². The van der Waals surface area contributed by atoms with Crippen molar-refractivity contribution in [1.29, 1.82) is 0 Å². The summed E-state index contributed by atoms with van der Waals surface area (Å²) >= 11 is 5.98. The molecule has 1 saturated carbocycles. The molecule has 0 bridgehead atoms. The Hall–Kier alpha value is -0.800. The minimum absolute atomic E-state index is 0.270. The van der Waals surface area contributed by atoms with Crippen molar-refractivity contribution in [2.45, 2.75) is 19.3 Å². The fourth-order valence-electron chi connectivity index (χ4n) is 1.73. The number of aliphatic hydroxyl groups excluding tert-OH is 1. The number of anilines is 1. The van der Waals surface area contributed by atoms with Crippen molar-refractivity contribution in [3.63, 3.8) is 0 Å². The first kappa shape index (κ1) is 10.7. The van der Waals surface area contributed by atoms with Gasteiger partial charge in [-0.3, -0.25) is 4.98 Å². The summed E-state index contributed by atoms with van der Waals surface area (Å²) in [5.74, 6) is 0. The zero-order chi connectivity index (χ0) is 10.7. The Morgan fingerprint density at radius 1 is 1.53 bits per heavy atom. The molecular weight excluding hydrogens is 212 g/mol. The lowest BCUT2D eigenvalue weighted by Gasteiger charge is -2.15. The van der Waals surface area contributed by atoms with Gasteiger partial charge in [0.15, 0.2) is 0 Å². The van der Waals surface area contributed by atoms with Crippen LogP contribution in [0.5, 0.6) is 0 Å². The van der Waals surface area contributed by atoms with Gasteiger partial charge in [0, 0.05) is 25.5 Å². The van der Waals surface area contributed by atoms with Gasteiger partial charge in [0.1, 0.15) is 0 Å². The summed E-state index contributed by atoms with van der Waals surface area (Å²) < 4.78 is 0. The molecule has 0 aliphatic heterocycles. The maximum absolute atomic E-state index is 8.93. The maximum Gasteiger partial charge on any atom is 0.0820 e. The van der Waals surface area contributed by atoms with Crippen LogP contribution in [0, 0.1) is 5.41 Å². The summed E-state index contributed by atoms with van der Waals surface area (Å²) in [6.45, 7) is 1.16. The highest BCUT2D eigenvalue weighted by Crippen LogP contribution is 2.48. The van der Waals surface area contributed by atoms with Crippen LogP contribution >= 0.6 is 11.6 Å². The Kier molecular flexibility index (Phi) is 3.12. The van der Waals surface area contributed by atoms with Crippen molar-refractivity contribution in [3.8, 4) is 0 Å². The minimum atomic E-state index is 0.270. The predicted octanol–water partition coefficient (Wildman–Crippen LogP) is 2.31. The summed E-state index contributed by atoms with van der Waals surface area (Å²) in [4.78, 5) is 3.93. The second-order valence-electron chi connectivity index (χ2n) is 4.18. The van der Waals surface area contributed by atoms with E-state index in [4.69, 9.17) is 16.7 Å². The zero-order valence-corrected chi connectivity index (χ0v) is 9.30. The van der Waals surface area contributed by atoms with Crippen molar-refractivity contribution >= 4 is 17.3 Å². The molecule has 2 N–H and O–H groups in total. The van der Waals surface area contributed by atoms with E-state index in [1.807, 2.05) is 6.07 Å². The van der Waals surface area contributed by atoms with E-state index in [-0.39, 0.29) is 6.61 Å². The summed E-state index contributed by atoms with van der Waals surface area (Å²) in [6, 6.07) is 1.87. The van der Waals surface area contributed by atoms with Crippen LogP contribution in [0.15, 0.2) is 18.5 Å². The molecule has 15 heavy (non-hydrogen) atoms. The highest BCUT2D eigenvalue weighted by atomic mass is 35.5. The number of hydrogen-bond donors (Lipinski definition) is 2. The molecule has 1 aliphatic rings. The molecule has 1 aromatic rings. The van der Waals surface area contributed by atoms with Gasteiger partial charge in [-0.2, -0.15) is 0 Å². The first-order valence-electron chi connectivity index (χ1n) is 5.20. The van der Waals surface area contributed by atoms with Gasteiger partial charge < -0.3 is 10.4 Å². The Morgan fingerprint density at radius 3 is 2.93 bits per heavy atom. The van der Waals surface area contributed by atoms with Crippen molar-refractivity contribution in [3.05, 3.63) is 23.5 Å². The lowest BCUT2D eigenvalue weighted by molar-refractivity contribution is 0.253. The third kappa shape index (κ3) is 2.61. The first-order valence-corrected chi connectivity index (χ1v) is 5.58. The largest absolute Gasteiger partial charge is 0.396 e. The molecule has 4 heteroatoms. The van der Waals surface area contributed by atoms with E-state index in [1.54, 1.807) is 12.4 Å². The lowest BCUT2D eigenvalue weighted by Crippen LogP contribution is -2.16. The van der Waals surface area contributed by atoms with Crippen LogP contribution in [0.4, 0.5) is 5.69 Å². The van der Waals surface area contributed by atoms with E-state index in [9.17, 15) is 0 Å². The Balaban J connectivity index is 1.91. The van der Waals surface area contributed by atoms with Gasteiger partial charge in [0.05, 0.1) is 10.7 Å². The Morgan fingerprint density at radius 2 is 2.33 bits per heavy atom. The second-order valence-corrected chi connectivity index (χ2v) is 4.59. The number of nitrogens with zero attached hydrogens (tertiary/aromatic N) is 1. The van der Waals surface area contributed by atoms with Crippen molar-refractivity contribution in [2.75, 3.05) is 18.5 Å². The van der Waals surface area contributed by atoms with Crippen LogP contribution in [0.3, 0.4) is 0 Å². The molecule has 0 saturated heterocycles. The van der Waals surface area contributed by atoms with E-state index < -0.39 is 0 Å². The number of pyridine rings is 1. The molecule has 0 radical (unpaired) electrons. The molecule has 0 spiro atoms. The Labute approximate surface area is 94.5 Å². The lowest BCUT2D eigenvalue weighted by atomic mass is 10.0. The monoisotopic (exact) mass is 226 g/mol. The van der Waals surface area contributed by atoms with Gasteiger partial charge in [0.25, 0.3) is 0 Å². The maximum atomic E-state index is 8.93. The number of aliphatic hydroxyl groups is 1. The van der Waals surface area contributed by atoms with Crippen LogP contribution in [-0.2, 0) is 0 Å². The van der Waals surface area contributed by atoms with Gasteiger partial charge in [-0.15, -0.1) is 0 Å². The predicted molar refractivity (Wildman–Crippen MR) is 61.1 cm³/mol. The molecule has 0 aromatic carbocycles. The van der Waals surface area contributed by atoms with Crippen LogP contribution in [0.2, 0.25) is 5.02 Å².